The molecule has 0 bridgehead atoms. The molecule has 0 saturated carbocycles. The number of hydrogen-bond donors (Lipinski definition) is 2. The van der Waals surface area contributed by atoms with E-state index in [9.17, 15) is 13.2 Å². The van der Waals surface area contributed by atoms with Crippen molar-refractivity contribution in [3.8, 4) is 0 Å². The number of nitrogens with zero attached hydrogens (tertiary/aromatic N) is 3. The molecule has 0 aliphatic carbocycles. The van der Waals surface area contributed by atoms with Crippen LogP contribution in [0, 0.1) is 5.41 Å². The SMILES string of the molecule is CC(C)(C)CBr.O=C(CN1C=CC(c2ncns2)=CC1)NCCS(=O)(=O)O. The van der Waals surface area contributed by atoms with Crippen LogP contribution in [0.25, 0.3) is 5.57 Å². The van der Waals surface area contributed by atoms with Gasteiger partial charge in [0.15, 0.2) is 0 Å². The molecule has 1 amide bonds. The van der Waals surface area contributed by atoms with Gasteiger partial charge < -0.3 is 10.2 Å². The Balaban J connectivity index is 0.000000527. The Morgan fingerprint density at radius 3 is 2.56 bits per heavy atom. The van der Waals surface area contributed by atoms with Crippen LogP contribution in [0.5, 0.6) is 0 Å². The smallest absolute Gasteiger partial charge is 0.266 e. The van der Waals surface area contributed by atoms with Gasteiger partial charge in [0.25, 0.3) is 10.1 Å². The Morgan fingerprint density at radius 2 is 2.11 bits per heavy atom. The first kappa shape index (κ1) is 23.7. The van der Waals surface area contributed by atoms with Gasteiger partial charge in [0.05, 0.1) is 12.3 Å². The van der Waals surface area contributed by atoms with Gasteiger partial charge in [-0.1, -0.05) is 42.8 Å². The van der Waals surface area contributed by atoms with Gasteiger partial charge in [0.2, 0.25) is 5.91 Å². The second kappa shape index (κ2) is 10.9. The highest BCUT2D eigenvalue weighted by molar-refractivity contribution is 9.09. The summed E-state index contributed by atoms with van der Waals surface area (Å²) in [6.07, 6.45) is 7.05. The maximum atomic E-state index is 11.6. The predicted octanol–water partition coefficient (Wildman–Crippen LogP) is 2.18. The van der Waals surface area contributed by atoms with E-state index in [1.165, 1.54) is 17.9 Å². The zero-order valence-electron chi connectivity index (χ0n) is 15.6. The number of aromatic nitrogens is 2. The van der Waals surface area contributed by atoms with Crippen molar-refractivity contribution in [3.05, 3.63) is 29.7 Å². The molecule has 2 heterocycles. The van der Waals surface area contributed by atoms with Crippen molar-refractivity contribution in [2.75, 3.05) is 30.7 Å². The van der Waals surface area contributed by atoms with Crippen LogP contribution in [0.2, 0.25) is 0 Å². The summed E-state index contributed by atoms with van der Waals surface area (Å²) in [5, 5.41) is 4.34. The molecule has 27 heavy (non-hydrogen) atoms. The maximum absolute atomic E-state index is 11.6. The summed E-state index contributed by atoms with van der Waals surface area (Å²) in [7, 11) is -4.05. The number of nitrogens with one attached hydrogen (secondary N) is 1. The second-order valence-electron chi connectivity index (χ2n) is 6.98. The zero-order chi connectivity index (χ0) is 20.5. The van der Waals surface area contributed by atoms with Crippen molar-refractivity contribution in [1.29, 1.82) is 0 Å². The fourth-order valence-corrected chi connectivity index (χ4v) is 2.57. The molecule has 1 aliphatic rings. The molecule has 1 aliphatic heterocycles. The molecule has 0 unspecified atom stereocenters. The first-order valence-electron chi connectivity index (χ1n) is 8.17. The summed E-state index contributed by atoms with van der Waals surface area (Å²) in [6.45, 7) is 7.14. The lowest BCUT2D eigenvalue weighted by atomic mass is 10.0. The highest BCUT2D eigenvalue weighted by Gasteiger charge is 2.12. The molecule has 152 valence electrons. The average Bonchev–Trinajstić information content (AvgIpc) is 3.09. The minimum absolute atomic E-state index is 0.110. The Morgan fingerprint density at radius 1 is 1.44 bits per heavy atom. The molecule has 2 N–H and O–H groups in total. The van der Waals surface area contributed by atoms with E-state index in [1.54, 1.807) is 11.1 Å². The molecule has 2 rings (SSSR count). The van der Waals surface area contributed by atoms with Crippen molar-refractivity contribution in [1.82, 2.24) is 19.6 Å². The number of hydrogen-bond acceptors (Lipinski definition) is 7. The first-order valence-corrected chi connectivity index (χ1v) is 11.7. The van der Waals surface area contributed by atoms with E-state index in [0.29, 0.717) is 12.0 Å². The number of carbonyl (C=O) groups is 1. The molecule has 11 heteroatoms. The van der Waals surface area contributed by atoms with E-state index in [4.69, 9.17) is 4.55 Å². The average molecular weight is 481 g/mol. The number of rotatable bonds is 6. The third-order valence-electron chi connectivity index (χ3n) is 3.05. The maximum Gasteiger partial charge on any atom is 0.266 e. The van der Waals surface area contributed by atoms with Gasteiger partial charge in [-0.25, -0.2) is 4.98 Å². The lowest BCUT2D eigenvalue weighted by molar-refractivity contribution is -0.121. The van der Waals surface area contributed by atoms with Crippen LogP contribution in [0.3, 0.4) is 0 Å². The van der Waals surface area contributed by atoms with Crippen LogP contribution in [0.1, 0.15) is 25.8 Å². The largest absolute Gasteiger partial charge is 0.364 e. The number of carbonyl (C=O) groups excluding carboxylic acids is 1. The van der Waals surface area contributed by atoms with E-state index in [2.05, 4.69) is 51.4 Å². The van der Waals surface area contributed by atoms with Gasteiger partial charge in [-0.3, -0.25) is 9.35 Å². The third kappa shape index (κ3) is 11.2. The summed E-state index contributed by atoms with van der Waals surface area (Å²) >= 11 is 4.67. The molecule has 0 aromatic carbocycles. The molecule has 0 spiro atoms. The van der Waals surface area contributed by atoms with Gasteiger partial charge >= 0.3 is 0 Å². The highest BCUT2D eigenvalue weighted by Crippen LogP contribution is 2.19. The molecule has 0 atom stereocenters. The highest BCUT2D eigenvalue weighted by atomic mass is 79.9. The quantitative estimate of drug-likeness (QED) is 0.473. The van der Waals surface area contributed by atoms with Crippen molar-refractivity contribution in [2.45, 2.75) is 20.8 Å². The summed E-state index contributed by atoms with van der Waals surface area (Å²) in [5.41, 5.74) is 1.42. The first-order chi connectivity index (χ1) is 12.5. The molecular weight excluding hydrogens is 456 g/mol. The van der Waals surface area contributed by atoms with E-state index < -0.39 is 15.9 Å². The van der Waals surface area contributed by atoms with Crippen LogP contribution in [-0.4, -0.2) is 63.9 Å². The van der Waals surface area contributed by atoms with Crippen LogP contribution in [0.15, 0.2) is 24.7 Å². The minimum atomic E-state index is -4.05. The summed E-state index contributed by atoms with van der Waals surface area (Å²) in [6, 6.07) is 0. The topological polar surface area (TPSA) is 112 Å². The van der Waals surface area contributed by atoms with Gasteiger partial charge in [-0.15, -0.1) is 0 Å². The Hall–Kier alpha value is -1.30. The lowest BCUT2D eigenvalue weighted by Gasteiger charge is -2.21. The van der Waals surface area contributed by atoms with Crippen LogP contribution < -0.4 is 5.32 Å². The summed E-state index contributed by atoms with van der Waals surface area (Å²) in [4.78, 5) is 17.5. The van der Waals surface area contributed by atoms with Gasteiger partial charge in [-0.2, -0.15) is 12.8 Å². The molecule has 0 saturated heterocycles. The fourth-order valence-electron chi connectivity index (χ4n) is 1.67. The fraction of sp³-hybridized carbons (Fsp3) is 0.562. The normalized spacial score (nSPS) is 14.3. The molecular formula is C16H25BrN4O4S2. The van der Waals surface area contributed by atoms with Crippen molar-refractivity contribution < 1.29 is 17.8 Å². The minimum Gasteiger partial charge on any atom is -0.364 e. The van der Waals surface area contributed by atoms with Crippen molar-refractivity contribution in [3.63, 3.8) is 0 Å². The molecule has 1 aromatic rings. The summed E-state index contributed by atoms with van der Waals surface area (Å²) < 4.78 is 33.5. The van der Waals surface area contributed by atoms with E-state index in [0.717, 1.165) is 15.9 Å². The third-order valence-corrected chi connectivity index (χ3v) is 6.16. The van der Waals surface area contributed by atoms with Crippen molar-refractivity contribution in [2.24, 2.45) is 5.41 Å². The van der Waals surface area contributed by atoms with Crippen LogP contribution in [-0.2, 0) is 14.9 Å². The van der Waals surface area contributed by atoms with E-state index >= 15 is 0 Å². The van der Waals surface area contributed by atoms with Gasteiger partial charge in [-0.05, 0) is 23.0 Å². The standard InChI is InChI=1S/C11H14N4O4S2.C5H11Br/c16-10(12-3-6-21(17,18)19)7-15-4-1-9(2-5-15)11-13-8-14-20-11;1-5(2,3)4-6/h1-2,4,8H,3,5-7H2,(H,12,16)(H,17,18,19);4H2,1-3H3. The van der Waals surface area contributed by atoms with Crippen LogP contribution >= 0.6 is 27.5 Å². The number of alkyl halides is 1. The Labute approximate surface area is 172 Å². The predicted molar refractivity (Wildman–Crippen MR) is 111 cm³/mol. The van der Waals surface area contributed by atoms with E-state index in [-0.39, 0.29) is 19.0 Å². The summed E-state index contributed by atoms with van der Waals surface area (Å²) in [5.74, 6) is -0.800. The van der Waals surface area contributed by atoms with Gasteiger partial charge in [0.1, 0.15) is 11.3 Å². The van der Waals surface area contributed by atoms with Crippen molar-refractivity contribution >= 4 is 49.1 Å². The zero-order valence-corrected chi connectivity index (χ0v) is 18.8. The number of amides is 1. The molecule has 1 aromatic heterocycles. The molecule has 0 fully saturated rings. The second-order valence-corrected chi connectivity index (χ2v) is 9.89. The Kier molecular flexibility index (Phi) is 9.57. The lowest BCUT2D eigenvalue weighted by Crippen LogP contribution is -2.37. The van der Waals surface area contributed by atoms with E-state index in [1.807, 2.05) is 12.2 Å². The number of allylic oxidation sites excluding steroid dienone is 2. The molecule has 0 radical (unpaired) electrons. The monoisotopic (exact) mass is 480 g/mol. The molecule has 8 nitrogen and oxygen atoms in total. The van der Waals surface area contributed by atoms with Crippen LogP contribution in [0.4, 0.5) is 0 Å². The van der Waals surface area contributed by atoms with Gasteiger partial charge in [0, 0.05) is 30.2 Å². The number of halogens is 1. The Bertz CT molecular complexity index is 756.